The second kappa shape index (κ2) is 6.75. The molecule has 108 valence electrons. The number of nitrogen functional groups attached to an aromatic ring is 1. The maximum Gasteiger partial charge on any atom is 0.188 e. The first-order valence-electron chi connectivity index (χ1n) is 6.91. The van der Waals surface area contributed by atoms with Crippen LogP contribution >= 0.6 is 0 Å². The lowest BCUT2D eigenvalue weighted by molar-refractivity contribution is 0.103. The van der Waals surface area contributed by atoms with Crippen molar-refractivity contribution in [2.24, 2.45) is 0 Å². The van der Waals surface area contributed by atoms with Crippen LogP contribution in [0.15, 0.2) is 54.1 Å². The van der Waals surface area contributed by atoms with E-state index in [1.807, 2.05) is 44.2 Å². The molecule has 0 bridgehead atoms. The maximum absolute atomic E-state index is 12.3. The third-order valence-electron chi connectivity index (χ3n) is 3.11. The summed E-state index contributed by atoms with van der Waals surface area (Å²) >= 11 is 0. The van der Waals surface area contributed by atoms with Crippen LogP contribution in [0.2, 0.25) is 0 Å². The van der Waals surface area contributed by atoms with E-state index < -0.39 is 0 Å². The molecule has 0 unspecified atom stereocenters. The molecule has 0 radical (unpaired) electrons. The summed E-state index contributed by atoms with van der Waals surface area (Å²) < 4.78 is 5.39. The van der Waals surface area contributed by atoms with Crippen LogP contribution in [0, 0.1) is 0 Å². The van der Waals surface area contributed by atoms with E-state index >= 15 is 0 Å². The molecule has 0 saturated heterocycles. The summed E-state index contributed by atoms with van der Waals surface area (Å²) in [5.74, 6) is 0.834. The minimum Gasteiger partial charge on any atom is -0.494 e. The molecule has 0 atom stereocenters. The van der Waals surface area contributed by atoms with Crippen LogP contribution < -0.4 is 10.5 Å². The van der Waals surface area contributed by atoms with E-state index in [4.69, 9.17) is 10.5 Å². The number of carbonyl (C=O) groups is 1. The number of hydrogen-bond donors (Lipinski definition) is 1. The summed E-state index contributed by atoms with van der Waals surface area (Å²) in [6, 6.07) is 14.6. The molecule has 0 aliphatic rings. The summed E-state index contributed by atoms with van der Waals surface area (Å²) in [7, 11) is 0. The minimum atomic E-state index is 0.00360. The molecule has 0 aromatic heterocycles. The molecule has 0 heterocycles. The third kappa shape index (κ3) is 3.96. The van der Waals surface area contributed by atoms with Gasteiger partial charge >= 0.3 is 0 Å². The van der Waals surface area contributed by atoms with Gasteiger partial charge in [-0.2, -0.15) is 0 Å². The number of benzene rings is 2. The lowest BCUT2D eigenvalue weighted by Gasteiger charge is -2.04. The zero-order valence-electron chi connectivity index (χ0n) is 12.3. The molecule has 0 fully saturated rings. The molecule has 0 spiro atoms. The Balaban J connectivity index is 2.16. The van der Waals surface area contributed by atoms with Gasteiger partial charge in [0.15, 0.2) is 5.78 Å². The van der Waals surface area contributed by atoms with E-state index in [9.17, 15) is 4.79 Å². The molecule has 0 amide bonds. The fourth-order valence-corrected chi connectivity index (χ4v) is 2.00. The first kappa shape index (κ1) is 14.9. The fourth-order valence-electron chi connectivity index (χ4n) is 2.00. The zero-order valence-corrected chi connectivity index (χ0v) is 12.3. The Labute approximate surface area is 125 Å². The van der Waals surface area contributed by atoms with Crippen LogP contribution in [-0.2, 0) is 0 Å². The summed E-state index contributed by atoms with van der Waals surface area (Å²) in [5, 5.41) is 0. The normalized spacial score (nSPS) is 11.2. The van der Waals surface area contributed by atoms with Gasteiger partial charge in [0.1, 0.15) is 5.75 Å². The first-order valence-corrected chi connectivity index (χ1v) is 6.91. The Morgan fingerprint density at radius 2 is 1.71 bits per heavy atom. The molecule has 21 heavy (non-hydrogen) atoms. The topological polar surface area (TPSA) is 52.3 Å². The molecule has 2 rings (SSSR count). The number of hydrogen-bond acceptors (Lipinski definition) is 3. The van der Waals surface area contributed by atoms with Crippen molar-refractivity contribution in [3.05, 3.63) is 65.2 Å². The zero-order chi connectivity index (χ0) is 15.2. The van der Waals surface area contributed by atoms with Gasteiger partial charge in [0, 0.05) is 11.3 Å². The highest BCUT2D eigenvalue weighted by Crippen LogP contribution is 2.17. The highest BCUT2D eigenvalue weighted by molar-refractivity contribution is 6.11. The van der Waals surface area contributed by atoms with Crippen LogP contribution in [-0.4, -0.2) is 12.4 Å². The average molecular weight is 281 g/mol. The number of anilines is 1. The molecule has 2 aromatic rings. The van der Waals surface area contributed by atoms with Crippen molar-refractivity contribution < 1.29 is 9.53 Å². The van der Waals surface area contributed by atoms with Crippen molar-refractivity contribution in [3.63, 3.8) is 0 Å². The second-order valence-corrected chi connectivity index (χ2v) is 4.78. The van der Waals surface area contributed by atoms with Gasteiger partial charge in [-0.25, -0.2) is 0 Å². The van der Waals surface area contributed by atoms with E-state index in [1.54, 1.807) is 24.3 Å². The third-order valence-corrected chi connectivity index (χ3v) is 3.11. The quantitative estimate of drug-likeness (QED) is 0.513. The maximum atomic E-state index is 12.3. The van der Waals surface area contributed by atoms with Crippen LogP contribution in [0.3, 0.4) is 0 Å². The van der Waals surface area contributed by atoms with Crippen molar-refractivity contribution in [1.29, 1.82) is 0 Å². The Morgan fingerprint density at radius 1 is 1.10 bits per heavy atom. The summed E-state index contributed by atoms with van der Waals surface area (Å²) in [6.45, 7) is 4.40. The van der Waals surface area contributed by atoms with Crippen molar-refractivity contribution in [1.82, 2.24) is 0 Å². The number of nitrogens with two attached hydrogens (primary N) is 1. The smallest absolute Gasteiger partial charge is 0.188 e. The molecular weight excluding hydrogens is 262 g/mol. The molecule has 0 saturated carbocycles. The fraction of sp³-hybridized carbons (Fsp3) is 0.167. The highest BCUT2D eigenvalue weighted by atomic mass is 16.5. The predicted octanol–water partition coefficient (Wildman–Crippen LogP) is 3.95. The lowest BCUT2D eigenvalue weighted by atomic mass is 10.0. The van der Waals surface area contributed by atoms with E-state index in [-0.39, 0.29) is 5.78 Å². The number of allylic oxidation sites excluding steroid dienone is 1. The Bertz CT molecular complexity index is 640. The van der Waals surface area contributed by atoms with Crippen LogP contribution in [0.1, 0.15) is 29.8 Å². The number of carbonyl (C=O) groups excluding carboxylic acids is 1. The molecule has 0 aliphatic heterocycles. The molecular formula is C18H19NO2. The van der Waals surface area contributed by atoms with E-state index in [0.717, 1.165) is 11.3 Å². The van der Waals surface area contributed by atoms with Gasteiger partial charge in [-0.15, -0.1) is 0 Å². The van der Waals surface area contributed by atoms with Crippen molar-refractivity contribution in [3.8, 4) is 5.75 Å². The summed E-state index contributed by atoms with van der Waals surface area (Å²) in [6.07, 6.45) is 1.87. The molecule has 3 nitrogen and oxygen atoms in total. The molecule has 0 aliphatic carbocycles. The van der Waals surface area contributed by atoms with E-state index in [2.05, 4.69) is 0 Å². The Hall–Kier alpha value is -2.55. The number of ketones is 1. The largest absolute Gasteiger partial charge is 0.494 e. The highest BCUT2D eigenvalue weighted by Gasteiger charge is 2.07. The van der Waals surface area contributed by atoms with Crippen molar-refractivity contribution >= 4 is 17.5 Å². The van der Waals surface area contributed by atoms with Crippen LogP contribution in [0.4, 0.5) is 5.69 Å². The van der Waals surface area contributed by atoms with Gasteiger partial charge in [-0.1, -0.05) is 12.1 Å². The van der Waals surface area contributed by atoms with Crippen LogP contribution in [0.25, 0.3) is 6.08 Å². The van der Waals surface area contributed by atoms with Gasteiger partial charge in [-0.3, -0.25) is 4.79 Å². The molecule has 2 aromatic carbocycles. The Kier molecular flexibility index (Phi) is 4.77. The number of rotatable bonds is 5. The van der Waals surface area contributed by atoms with Gasteiger partial charge < -0.3 is 10.5 Å². The summed E-state index contributed by atoms with van der Waals surface area (Å²) in [4.78, 5) is 12.3. The van der Waals surface area contributed by atoms with E-state index in [0.29, 0.717) is 23.4 Å². The Morgan fingerprint density at radius 3 is 2.29 bits per heavy atom. The predicted molar refractivity (Wildman–Crippen MR) is 86.4 cm³/mol. The lowest BCUT2D eigenvalue weighted by Crippen LogP contribution is -2.00. The second-order valence-electron chi connectivity index (χ2n) is 4.78. The number of ether oxygens (including phenoxy) is 1. The van der Waals surface area contributed by atoms with Gasteiger partial charge in [-0.05, 0) is 67.5 Å². The van der Waals surface area contributed by atoms with Crippen molar-refractivity contribution in [2.45, 2.75) is 13.8 Å². The van der Waals surface area contributed by atoms with Gasteiger partial charge in [0.2, 0.25) is 0 Å². The SMILES string of the molecule is CCOc1ccc(/C=C(/C)C(=O)c2ccc(N)cc2)cc1. The monoisotopic (exact) mass is 281 g/mol. The first-order chi connectivity index (χ1) is 10.1. The average Bonchev–Trinajstić information content (AvgIpc) is 2.49. The van der Waals surface area contributed by atoms with Crippen LogP contribution in [0.5, 0.6) is 5.75 Å². The molecule has 2 N–H and O–H groups in total. The van der Waals surface area contributed by atoms with Gasteiger partial charge in [0.25, 0.3) is 0 Å². The van der Waals surface area contributed by atoms with Crippen molar-refractivity contribution in [2.75, 3.05) is 12.3 Å². The minimum absolute atomic E-state index is 0.00360. The van der Waals surface area contributed by atoms with Gasteiger partial charge in [0.05, 0.1) is 6.61 Å². The summed E-state index contributed by atoms with van der Waals surface area (Å²) in [5.41, 5.74) is 8.58. The number of Topliss-reactive ketones (excluding diaryl/α,β-unsaturated/α-hetero) is 1. The standard InChI is InChI=1S/C18H19NO2/c1-3-21-17-10-4-14(5-11-17)12-13(2)18(20)15-6-8-16(19)9-7-15/h4-12H,3,19H2,1-2H3/b13-12-. The molecule has 3 heteroatoms. The van der Waals surface area contributed by atoms with E-state index in [1.165, 1.54) is 0 Å².